The molecule has 0 aliphatic heterocycles. The number of unbranched alkanes of at least 4 members (excludes halogenated alkanes) is 1. The number of rotatable bonds is 7. The zero-order chi connectivity index (χ0) is 14.4. The Morgan fingerprint density at radius 1 is 0.944 bits per heavy atom. The van der Waals surface area contributed by atoms with E-state index >= 15 is 0 Å². The Balaban J connectivity index is 4.42. The van der Waals surface area contributed by atoms with Gasteiger partial charge in [-0.05, 0) is 30.1 Å². The van der Waals surface area contributed by atoms with Gasteiger partial charge in [0, 0.05) is 12.3 Å². The molecule has 0 saturated carbocycles. The van der Waals surface area contributed by atoms with Gasteiger partial charge in [0.05, 0.1) is 0 Å². The van der Waals surface area contributed by atoms with Crippen LogP contribution in [0.3, 0.4) is 0 Å². The van der Waals surface area contributed by atoms with Crippen LogP contribution in [0.15, 0.2) is 0 Å². The molecular weight excluding hydrogens is 220 g/mol. The maximum atomic E-state index is 12.4. The van der Waals surface area contributed by atoms with E-state index in [1.165, 1.54) is 12.8 Å². The monoisotopic (exact) mass is 254 g/mol. The van der Waals surface area contributed by atoms with Crippen molar-refractivity contribution >= 4 is 5.78 Å². The third-order valence-electron chi connectivity index (χ3n) is 3.31. The van der Waals surface area contributed by atoms with E-state index in [1.807, 2.05) is 0 Å². The molecule has 0 saturated heterocycles. The Hall–Kier alpha value is -0.330. The number of hydrogen-bond donors (Lipinski definition) is 0. The number of hydrogen-bond acceptors (Lipinski definition) is 1. The summed E-state index contributed by atoms with van der Waals surface area (Å²) in [7, 11) is 0. The first kappa shape index (κ1) is 17.7. The predicted molar refractivity (Wildman–Crippen MR) is 80.8 cm³/mol. The minimum atomic E-state index is 0.128. The molecule has 0 fully saturated rings. The van der Waals surface area contributed by atoms with Crippen molar-refractivity contribution in [3.63, 3.8) is 0 Å². The summed E-state index contributed by atoms with van der Waals surface area (Å²) >= 11 is 0. The first-order valence-corrected chi connectivity index (χ1v) is 7.58. The van der Waals surface area contributed by atoms with Crippen LogP contribution in [0.1, 0.15) is 87.0 Å². The van der Waals surface area contributed by atoms with Crippen LogP contribution >= 0.6 is 0 Å². The summed E-state index contributed by atoms with van der Waals surface area (Å²) in [5.41, 5.74) is 0.468. The van der Waals surface area contributed by atoms with Gasteiger partial charge in [-0.25, -0.2) is 0 Å². The van der Waals surface area contributed by atoms with E-state index < -0.39 is 0 Å². The van der Waals surface area contributed by atoms with Gasteiger partial charge in [0.15, 0.2) is 0 Å². The molecule has 0 aliphatic carbocycles. The Kier molecular flexibility index (Phi) is 7.17. The SMILES string of the molecule is CCCCC(CCC(C)(C)C)C(=O)CC(C)(C)C. The fourth-order valence-electron chi connectivity index (χ4n) is 2.19. The summed E-state index contributed by atoms with van der Waals surface area (Å²) in [6.07, 6.45) is 6.40. The molecule has 1 heteroatoms. The summed E-state index contributed by atoms with van der Waals surface area (Å²) < 4.78 is 0. The van der Waals surface area contributed by atoms with Crippen molar-refractivity contribution in [2.45, 2.75) is 87.0 Å². The molecule has 0 radical (unpaired) electrons. The minimum Gasteiger partial charge on any atom is -0.299 e. The van der Waals surface area contributed by atoms with E-state index in [4.69, 9.17) is 0 Å². The van der Waals surface area contributed by atoms with Crippen molar-refractivity contribution < 1.29 is 4.79 Å². The highest BCUT2D eigenvalue weighted by Gasteiger charge is 2.24. The van der Waals surface area contributed by atoms with Crippen molar-refractivity contribution in [1.82, 2.24) is 0 Å². The van der Waals surface area contributed by atoms with Crippen LogP contribution in [0, 0.1) is 16.7 Å². The van der Waals surface area contributed by atoms with Gasteiger partial charge < -0.3 is 0 Å². The molecular formula is C17H34O. The van der Waals surface area contributed by atoms with Gasteiger partial charge in [-0.15, -0.1) is 0 Å². The van der Waals surface area contributed by atoms with Crippen molar-refractivity contribution in [3.05, 3.63) is 0 Å². The molecule has 0 aromatic carbocycles. The zero-order valence-corrected chi connectivity index (χ0v) is 13.7. The second kappa shape index (κ2) is 7.31. The molecule has 0 amide bonds. The first-order chi connectivity index (χ1) is 8.05. The molecule has 0 bridgehead atoms. The second-order valence-corrected chi connectivity index (χ2v) is 8.14. The van der Waals surface area contributed by atoms with E-state index in [2.05, 4.69) is 48.5 Å². The highest BCUT2D eigenvalue weighted by atomic mass is 16.1. The fourth-order valence-corrected chi connectivity index (χ4v) is 2.19. The Morgan fingerprint density at radius 2 is 1.50 bits per heavy atom. The van der Waals surface area contributed by atoms with Gasteiger partial charge in [-0.1, -0.05) is 61.3 Å². The lowest BCUT2D eigenvalue weighted by molar-refractivity contribution is -0.125. The predicted octanol–water partition coefficient (Wildman–Crippen LogP) is 5.62. The van der Waals surface area contributed by atoms with Gasteiger partial charge in [-0.2, -0.15) is 0 Å². The van der Waals surface area contributed by atoms with E-state index in [-0.39, 0.29) is 5.41 Å². The van der Waals surface area contributed by atoms with Crippen LogP contribution in [0.25, 0.3) is 0 Å². The van der Waals surface area contributed by atoms with Crippen LogP contribution < -0.4 is 0 Å². The quantitative estimate of drug-likeness (QED) is 0.576. The molecule has 1 unspecified atom stereocenters. The van der Waals surface area contributed by atoms with Crippen molar-refractivity contribution in [2.75, 3.05) is 0 Å². The molecule has 108 valence electrons. The standard InChI is InChI=1S/C17H34O/c1-8-9-10-14(11-12-16(2,3)4)15(18)13-17(5,6)7/h14H,8-13H2,1-7H3. The first-order valence-electron chi connectivity index (χ1n) is 7.58. The fraction of sp³-hybridized carbons (Fsp3) is 0.941. The lowest BCUT2D eigenvalue weighted by Crippen LogP contribution is -2.22. The average molecular weight is 254 g/mol. The third-order valence-corrected chi connectivity index (χ3v) is 3.31. The van der Waals surface area contributed by atoms with Gasteiger partial charge in [0.2, 0.25) is 0 Å². The lowest BCUT2D eigenvalue weighted by atomic mass is 9.79. The Morgan fingerprint density at radius 3 is 1.89 bits per heavy atom. The smallest absolute Gasteiger partial charge is 0.136 e. The lowest BCUT2D eigenvalue weighted by Gasteiger charge is -2.25. The zero-order valence-electron chi connectivity index (χ0n) is 13.7. The summed E-state index contributed by atoms with van der Waals surface area (Å²) in [4.78, 5) is 12.4. The van der Waals surface area contributed by atoms with E-state index in [0.29, 0.717) is 17.1 Å². The van der Waals surface area contributed by atoms with Crippen molar-refractivity contribution in [3.8, 4) is 0 Å². The average Bonchev–Trinajstić information content (AvgIpc) is 2.13. The normalized spacial score (nSPS) is 14.6. The van der Waals surface area contributed by atoms with Crippen LogP contribution in [-0.2, 0) is 4.79 Å². The highest BCUT2D eigenvalue weighted by molar-refractivity contribution is 5.81. The Bertz CT molecular complexity index is 239. The molecule has 1 nitrogen and oxygen atoms in total. The van der Waals surface area contributed by atoms with Gasteiger partial charge in [0.25, 0.3) is 0 Å². The summed E-state index contributed by atoms with van der Waals surface area (Å²) in [6, 6.07) is 0. The van der Waals surface area contributed by atoms with Crippen LogP contribution in [0.5, 0.6) is 0 Å². The van der Waals surface area contributed by atoms with Crippen LogP contribution in [-0.4, -0.2) is 5.78 Å². The van der Waals surface area contributed by atoms with Crippen LogP contribution in [0.2, 0.25) is 0 Å². The van der Waals surface area contributed by atoms with Crippen molar-refractivity contribution in [2.24, 2.45) is 16.7 Å². The molecule has 0 aromatic heterocycles. The highest BCUT2D eigenvalue weighted by Crippen LogP contribution is 2.29. The van der Waals surface area contributed by atoms with Gasteiger partial charge >= 0.3 is 0 Å². The minimum absolute atomic E-state index is 0.128. The molecule has 0 aromatic rings. The molecule has 0 spiro atoms. The number of Topliss-reactive ketones (excluding diaryl/α,β-unsaturated/α-hetero) is 1. The summed E-state index contributed by atoms with van der Waals surface area (Å²) in [5, 5.41) is 0. The molecule has 0 heterocycles. The van der Waals surface area contributed by atoms with Crippen molar-refractivity contribution in [1.29, 1.82) is 0 Å². The molecule has 1 atom stereocenters. The van der Waals surface area contributed by atoms with E-state index in [9.17, 15) is 4.79 Å². The Labute approximate surface area is 115 Å². The maximum Gasteiger partial charge on any atom is 0.136 e. The van der Waals surface area contributed by atoms with Gasteiger partial charge in [0.1, 0.15) is 5.78 Å². The molecule has 0 aliphatic rings. The number of ketones is 1. The maximum absolute atomic E-state index is 12.4. The third kappa shape index (κ3) is 9.67. The summed E-state index contributed by atoms with van der Waals surface area (Å²) in [5.74, 6) is 0.781. The number of carbonyl (C=O) groups is 1. The molecule has 18 heavy (non-hydrogen) atoms. The molecule has 0 N–H and O–H groups in total. The molecule has 0 rings (SSSR count). The summed E-state index contributed by atoms with van der Waals surface area (Å²) in [6.45, 7) is 15.5. The van der Waals surface area contributed by atoms with Gasteiger partial charge in [-0.3, -0.25) is 4.79 Å². The topological polar surface area (TPSA) is 17.1 Å². The van der Waals surface area contributed by atoms with E-state index in [1.54, 1.807) is 0 Å². The largest absolute Gasteiger partial charge is 0.299 e. The number of carbonyl (C=O) groups excluding carboxylic acids is 1. The van der Waals surface area contributed by atoms with Crippen LogP contribution in [0.4, 0.5) is 0 Å². The van der Waals surface area contributed by atoms with E-state index in [0.717, 1.165) is 25.7 Å². The second-order valence-electron chi connectivity index (χ2n) is 8.14.